The van der Waals surface area contributed by atoms with E-state index in [1.807, 2.05) is 0 Å². The van der Waals surface area contributed by atoms with Gasteiger partial charge < -0.3 is 0 Å². The van der Waals surface area contributed by atoms with Crippen LogP contribution in [0.3, 0.4) is 0 Å². The minimum atomic E-state index is 0.695. The molecule has 0 aliphatic heterocycles. The van der Waals surface area contributed by atoms with E-state index < -0.39 is 0 Å². The van der Waals surface area contributed by atoms with Gasteiger partial charge in [-0.25, -0.2) is 0 Å². The largest absolute Gasteiger partial charge is 0.0651 e. The van der Waals surface area contributed by atoms with Crippen LogP contribution >= 0.6 is 0 Å². The highest BCUT2D eigenvalue weighted by molar-refractivity contribution is 4.94. The predicted molar refractivity (Wildman–Crippen MR) is 94.5 cm³/mol. The Balaban J connectivity index is 2.02. The van der Waals surface area contributed by atoms with Crippen LogP contribution in [0.25, 0.3) is 0 Å². The Morgan fingerprint density at radius 1 is 0.762 bits per heavy atom. The third-order valence-corrected chi connectivity index (χ3v) is 7.77. The van der Waals surface area contributed by atoms with Gasteiger partial charge in [0.15, 0.2) is 0 Å². The summed E-state index contributed by atoms with van der Waals surface area (Å²) >= 11 is 0. The fraction of sp³-hybridized carbons (Fsp3) is 1.00. The van der Waals surface area contributed by atoms with Crippen molar-refractivity contribution in [3.05, 3.63) is 0 Å². The van der Waals surface area contributed by atoms with Crippen molar-refractivity contribution in [2.75, 3.05) is 0 Å². The van der Waals surface area contributed by atoms with Gasteiger partial charge in [0.2, 0.25) is 0 Å². The van der Waals surface area contributed by atoms with E-state index in [0.29, 0.717) is 5.41 Å². The van der Waals surface area contributed by atoms with Gasteiger partial charge >= 0.3 is 0 Å². The van der Waals surface area contributed by atoms with Gasteiger partial charge in [0.1, 0.15) is 0 Å². The van der Waals surface area contributed by atoms with Crippen LogP contribution in [0.5, 0.6) is 0 Å². The number of rotatable bonds is 6. The summed E-state index contributed by atoms with van der Waals surface area (Å²) in [4.78, 5) is 0. The Morgan fingerprint density at radius 3 is 1.76 bits per heavy atom. The Hall–Kier alpha value is 0. The van der Waals surface area contributed by atoms with Crippen molar-refractivity contribution in [1.82, 2.24) is 0 Å². The van der Waals surface area contributed by atoms with E-state index in [1.165, 1.54) is 77.0 Å². The lowest BCUT2D eigenvalue weighted by Gasteiger charge is -2.50. The first-order valence-corrected chi connectivity index (χ1v) is 10.2. The molecule has 2 fully saturated rings. The van der Waals surface area contributed by atoms with Crippen LogP contribution in [0.2, 0.25) is 0 Å². The minimum Gasteiger partial charge on any atom is -0.0651 e. The van der Waals surface area contributed by atoms with Crippen LogP contribution < -0.4 is 0 Å². The van der Waals surface area contributed by atoms with Crippen LogP contribution in [-0.4, -0.2) is 0 Å². The molecule has 0 radical (unpaired) electrons. The highest BCUT2D eigenvalue weighted by atomic mass is 14.5. The maximum absolute atomic E-state index is 2.50. The molecule has 2 aliphatic rings. The maximum atomic E-state index is 2.50. The summed E-state index contributed by atoms with van der Waals surface area (Å²) in [5.41, 5.74) is 0.695. The first kappa shape index (κ1) is 17.4. The lowest BCUT2D eigenvalue weighted by Crippen LogP contribution is -2.40. The molecule has 0 heteroatoms. The normalized spacial score (nSPS) is 30.3. The van der Waals surface area contributed by atoms with Gasteiger partial charge in [0.25, 0.3) is 0 Å². The SMILES string of the molecule is CCC(C)C1CCC(C(CC)(CC)C2CCCCC2)CC1. The van der Waals surface area contributed by atoms with Gasteiger partial charge in [-0.15, -0.1) is 0 Å². The Kier molecular flexibility index (Phi) is 6.63. The van der Waals surface area contributed by atoms with E-state index in [2.05, 4.69) is 27.7 Å². The number of hydrogen-bond donors (Lipinski definition) is 0. The van der Waals surface area contributed by atoms with Crippen molar-refractivity contribution in [2.45, 2.75) is 105 Å². The average Bonchev–Trinajstić information content (AvgIpc) is 2.57. The summed E-state index contributed by atoms with van der Waals surface area (Å²) in [6.45, 7) is 9.86. The molecule has 1 atom stereocenters. The van der Waals surface area contributed by atoms with E-state index in [1.54, 1.807) is 0 Å². The first-order chi connectivity index (χ1) is 10.2. The molecule has 0 amide bonds. The van der Waals surface area contributed by atoms with Crippen molar-refractivity contribution in [3.8, 4) is 0 Å². The Labute approximate surface area is 134 Å². The van der Waals surface area contributed by atoms with Crippen LogP contribution in [0.15, 0.2) is 0 Å². The molecule has 0 spiro atoms. The Bertz CT molecular complexity index is 274. The third kappa shape index (κ3) is 3.67. The predicted octanol–water partition coefficient (Wildman–Crippen LogP) is 7.23. The van der Waals surface area contributed by atoms with Crippen molar-refractivity contribution in [2.24, 2.45) is 29.1 Å². The first-order valence-electron chi connectivity index (χ1n) is 10.2. The summed E-state index contributed by atoms with van der Waals surface area (Å²) in [7, 11) is 0. The van der Waals surface area contributed by atoms with Gasteiger partial charge in [-0.3, -0.25) is 0 Å². The van der Waals surface area contributed by atoms with Crippen molar-refractivity contribution in [1.29, 1.82) is 0 Å². The second kappa shape index (κ2) is 8.02. The molecule has 2 saturated carbocycles. The quantitative estimate of drug-likeness (QED) is 0.484. The van der Waals surface area contributed by atoms with Gasteiger partial charge in [-0.2, -0.15) is 0 Å². The molecule has 0 bridgehead atoms. The maximum Gasteiger partial charge on any atom is -0.0246 e. The van der Waals surface area contributed by atoms with E-state index in [9.17, 15) is 0 Å². The van der Waals surface area contributed by atoms with Crippen LogP contribution in [0, 0.1) is 29.1 Å². The Morgan fingerprint density at radius 2 is 1.29 bits per heavy atom. The zero-order valence-corrected chi connectivity index (χ0v) is 15.3. The van der Waals surface area contributed by atoms with Crippen LogP contribution in [0.4, 0.5) is 0 Å². The second-order valence-electron chi connectivity index (χ2n) is 8.27. The smallest absolute Gasteiger partial charge is 0.0246 e. The molecule has 0 aromatic heterocycles. The van der Waals surface area contributed by atoms with Gasteiger partial charge in [0.05, 0.1) is 0 Å². The fourth-order valence-corrected chi connectivity index (χ4v) is 6.01. The van der Waals surface area contributed by atoms with E-state index in [-0.39, 0.29) is 0 Å². The van der Waals surface area contributed by atoms with Crippen molar-refractivity contribution >= 4 is 0 Å². The molecule has 2 rings (SSSR count). The van der Waals surface area contributed by atoms with Gasteiger partial charge in [-0.05, 0) is 80.5 Å². The van der Waals surface area contributed by atoms with Gasteiger partial charge in [-0.1, -0.05) is 53.4 Å². The van der Waals surface area contributed by atoms with E-state index >= 15 is 0 Å². The van der Waals surface area contributed by atoms with Crippen LogP contribution in [0.1, 0.15) is 105 Å². The van der Waals surface area contributed by atoms with Crippen molar-refractivity contribution < 1.29 is 0 Å². The standard InChI is InChI=1S/C21H40/c1-5-17(4)18-13-15-20(16-14-18)21(6-2,7-3)19-11-9-8-10-12-19/h17-20H,5-16H2,1-4H3. The van der Waals surface area contributed by atoms with Crippen LogP contribution in [-0.2, 0) is 0 Å². The summed E-state index contributed by atoms with van der Waals surface area (Å²) in [5.74, 6) is 4.07. The third-order valence-electron chi connectivity index (χ3n) is 7.77. The summed E-state index contributed by atoms with van der Waals surface area (Å²) in [6.07, 6.45) is 18.0. The molecule has 124 valence electrons. The molecule has 0 heterocycles. The second-order valence-corrected chi connectivity index (χ2v) is 8.27. The monoisotopic (exact) mass is 292 g/mol. The fourth-order valence-electron chi connectivity index (χ4n) is 6.01. The van der Waals surface area contributed by atoms with Gasteiger partial charge in [0, 0.05) is 0 Å². The summed E-state index contributed by atoms with van der Waals surface area (Å²) in [5, 5.41) is 0. The van der Waals surface area contributed by atoms with Crippen molar-refractivity contribution in [3.63, 3.8) is 0 Å². The zero-order valence-electron chi connectivity index (χ0n) is 15.3. The highest BCUT2D eigenvalue weighted by Crippen LogP contribution is 2.54. The molecule has 1 unspecified atom stereocenters. The summed E-state index contributed by atoms with van der Waals surface area (Å²) < 4.78 is 0. The molecule has 0 saturated heterocycles. The lowest BCUT2D eigenvalue weighted by molar-refractivity contribution is 0.00128. The van der Waals surface area contributed by atoms with E-state index in [0.717, 1.165) is 23.7 Å². The minimum absolute atomic E-state index is 0.695. The van der Waals surface area contributed by atoms with E-state index in [4.69, 9.17) is 0 Å². The zero-order chi connectivity index (χ0) is 15.3. The molecule has 0 nitrogen and oxygen atoms in total. The molecule has 2 aliphatic carbocycles. The molecule has 0 N–H and O–H groups in total. The summed E-state index contributed by atoms with van der Waals surface area (Å²) in [6, 6.07) is 0. The molecule has 0 aromatic rings. The average molecular weight is 293 g/mol. The molecule has 0 aromatic carbocycles. The topological polar surface area (TPSA) is 0 Å². The molecule has 21 heavy (non-hydrogen) atoms. The molecular weight excluding hydrogens is 252 g/mol. The number of hydrogen-bond acceptors (Lipinski definition) is 0. The molecular formula is C21H40. The lowest BCUT2D eigenvalue weighted by atomic mass is 9.55. The highest BCUT2D eigenvalue weighted by Gasteiger charge is 2.43.